The second kappa shape index (κ2) is 10.8. The molecule has 4 aliphatic carbocycles. The Morgan fingerprint density at radius 2 is 1.65 bits per heavy atom. The zero-order valence-electron chi connectivity index (χ0n) is 28.3. The second-order valence-corrected chi connectivity index (χ2v) is 16.6. The summed E-state index contributed by atoms with van der Waals surface area (Å²) in [6.45, 7) is 15.3. The number of hydrogen-bond acceptors (Lipinski definition) is 10. The van der Waals surface area contributed by atoms with Gasteiger partial charge >= 0.3 is 0 Å². The van der Waals surface area contributed by atoms with E-state index in [-0.39, 0.29) is 53.2 Å². The maximum atomic E-state index is 14.7. The van der Waals surface area contributed by atoms with Crippen LogP contribution < -0.4 is 0 Å². The monoisotopic (exact) mass is 644 g/mol. The van der Waals surface area contributed by atoms with Gasteiger partial charge in [-0.3, -0.25) is 9.59 Å². The molecule has 2 saturated heterocycles. The highest BCUT2D eigenvalue weighted by Gasteiger charge is 2.75. The van der Waals surface area contributed by atoms with Crippen LogP contribution in [0.15, 0.2) is 35.1 Å². The van der Waals surface area contributed by atoms with Crippen molar-refractivity contribution in [3.8, 4) is 0 Å². The lowest BCUT2D eigenvalue weighted by Crippen LogP contribution is -2.64. The van der Waals surface area contributed by atoms with Crippen LogP contribution in [0.25, 0.3) is 0 Å². The maximum absolute atomic E-state index is 14.7. The number of carbonyl (C=O) groups is 2. The number of carbonyl (C=O) groups excluding carboxylic acids is 2. The Morgan fingerprint density at radius 1 is 0.978 bits per heavy atom. The van der Waals surface area contributed by atoms with Crippen LogP contribution in [0.4, 0.5) is 0 Å². The summed E-state index contributed by atoms with van der Waals surface area (Å²) in [5.41, 5.74) is -1.90. The minimum atomic E-state index is -1.68. The summed E-state index contributed by atoms with van der Waals surface area (Å²) in [6.07, 6.45) is -0.139. The Labute approximate surface area is 271 Å². The van der Waals surface area contributed by atoms with E-state index in [9.17, 15) is 35.1 Å². The molecule has 0 radical (unpaired) electrons. The average Bonchev–Trinajstić information content (AvgIpc) is 3.18. The smallest absolute Gasteiger partial charge is 0.229 e. The standard InChI is InChI=1S/C36H52O10/c1-17(2)11-18-13-35(7,43)29-22(44-18)14-33(5)24-10-9-19-20(36(24,8)25(38)15-34(29,33)6)12-21(30(42)32(19,3)4)45-31-28(41)27(40)26(39)23(16-37)46-31/h9,11-12,18,20,22-24,26-29,31,37,39-41,43H,10,13-16H2,1-8H3/t18-,20+,22+,23+,24-,26+,27-,28+,29-,31+,33-,34+,35-,36-/m0/s1. The van der Waals surface area contributed by atoms with E-state index in [1.54, 1.807) is 19.9 Å². The molecule has 6 aliphatic rings. The van der Waals surface area contributed by atoms with Crippen LogP contribution in [0, 0.1) is 39.4 Å². The number of aliphatic hydroxyl groups is 5. The Balaban J connectivity index is 1.40. The molecule has 10 nitrogen and oxygen atoms in total. The van der Waals surface area contributed by atoms with E-state index >= 15 is 0 Å². The van der Waals surface area contributed by atoms with Gasteiger partial charge in [-0.05, 0) is 70.3 Å². The van der Waals surface area contributed by atoms with E-state index in [0.29, 0.717) is 19.3 Å². The highest BCUT2D eigenvalue weighted by atomic mass is 16.7. The Bertz CT molecular complexity index is 1390. The molecule has 5 N–H and O–H groups in total. The van der Waals surface area contributed by atoms with Crippen molar-refractivity contribution in [3.05, 3.63) is 35.1 Å². The van der Waals surface area contributed by atoms with Gasteiger partial charge in [-0.1, -0.05) is 44.1 Å². The van der Waals surface area contributed by atoms with Crippen LogP contribution in [0.5, 0.6) is 0 Å². The Hall–Kier alpha value is -1.92. The van der Waals surface area contributed by atoms with Gasteiger partial charge in [0.05, 0.1) is 29.8 Å². The van der Waals surface area contributed by atoms with Crippen LogP contribution >= 0.6 is 0 Å². The Kier molecular flexibility index (Phi) is 7.97. The van der Waals surface area contributed by atoms with Gasteiger partial charge in [0, 0.05) is 30.1 Å². The average molecular weight is 645 g/mol. The zero-order valence-corrected chi connectivity index (χ0v) is 28.3. The van der Waals surface area contributed by atoms with E-state index in [0.717, 1.165) is 11.1 Å². The van der Waals surface area contributed by atoms with E-state index in [2.05, 4.69) is 26.0 Å². The minimum absolute atomic E-state index is 0.0736. The van der Waals surface area contributed by atoms with Crippen LogP contribution in [-0.4, -0.2) is 92.2 Å². The van der Waals surface area contributed by atoms with Crippen molar-refractivity contribution in [2.45, 2.75) is 130 Å². The largest absolute Gasteiger partial charge is 0.459 e. The van der Waals surface area contributed by atoms with Crippen molar-refractivity contribution < 1.29 is 49.3 Å². The molecule has 0 spiro atoms. The van der Waals surface area contributed by atoms with Crippen molar-refractivity contribution >= 4 is 11.6 Å². The third-order valence-corrected chi connectivity index (χ3v) is 13.2. The van der Waals surface area contributed by atoms with Crippen molar-refractivity contribution in [2.24, 2.45) is 39.4 Å². The van der Waals surface area contributed by atoms with Crippen molar-refractivity contribution in [2.75, 3.05) is 6.61 Å². The van der Waals surface area contributed by atoms with E-state index in [4.69, 9.17) is 14.2 Å². The predicted molar refractivity (Wildman–Crippen MR) is 167 cm³/mol. The third kappa shape index (κ3) is 4.54. The van der Waals surface area contributed by atoms with Crippen molar-refractivity contribution in [1.82, 2.24) is 0 Å². The fourth-order valence-corrected chi connectivity index (χ4v) is 10.8. The lowest BCUT2D eigenvalue weighted by Gasteiger charge is -2.64. The van der Waals surface area contributed by atoms with Crippen LogP contribution in [0.3, 0.4) is 0 Å². The number of aliphatic hydroxyl groups excluding tert-OH is 4. The number of ketones is 2. The number of allylic oxidation sites excluding steroid dienone is 5. The highest BCUT2D eigenvalue weighted by molar-refractivity contribution is 6.02. The van der Waals surface area contributed by atoms with Gasteiger partial charge in [0.25, 0.3) is 0 Å². The van der Waals surface area contributed by atoms with E-state index in [1.807, 2.05) is 27.7 Å². The first-order valence-corrected chi connectivity index (χ1v) is 16.7. The molecule has 10 heteroatoms. The molecule has 0 bridgehead atoms. The quantitative estimate of drug-likeness (QED) is 0.288. The van der Waals surface area contributed by atoms with Gasteiger partial charge in [0.15, 0.2) is 5.76 Å². The van der Waals surface area contributed by atoms with Crippen molar-refractivity contribution in [1.29, 1.82) is 0 Å². The number of fused-ring (bicyclic) bond motifs is 7. The fourth-order valence-electron chi connectivity index (χ4n) is 10.8. The lowest BCUT2D eigenvalue weighted by molar-refractivity contribution is -0.291. The third-order valence-electron chi connectivity index (χ3n) is 13.2. The fraction of sp³-hybridized carbons (Fsp3) is 0.778. The Morgan fingerprint density at radius 3 is 2.28 bits per heavy atom. The molecule has 256 valence electrons. The first-order valence-electron chi connectivity index (χ1n) is 16.7. The number of Topliss-reactive ketones (excluding diaryl/α,β-unsaturated/α-hetero) is 2. The highest BCUT2D eigenvalue weighted by Crippen LogP contribution is 2.75. The summed E-state index contributed by atoms with van der Waals surface area (Å²) in [7, 11) is 0. The summed E-state index contributed by atoms with van der Waals surface area (Å²) in [5.74, 6) is -1.20. The van der Waals surface area contributed by atoms with Gasteiger partial charge in [-0.15, -0.1) is 0 Å². The van der Waals surface area contributed by atoms with Crippen molar-refractivity contribution in [3.63, 3.8) is 0 Å². The molecular formula is C36H52O10. The topological polar surface area (TPSA) is 163 Å². The van der Waals surface area contributed by atoms with E-state index < -0.39 is 65.1 Å². The molecule has 46 heavy (non-hydrogen) atoms. The van der Waals surface area contributed by atoms with Gasteiger partial charge in [0.2, 0.25) is 12.1 Å². The predicted octanol–water partition coefficient (Wildman–Crippen LogP) is 2.74. The molecule has 14 atom stereocenters. The van der Waals surface area contributed by atoms with Crippen LogP contribution in [0.1, 0.15) is 81.1 Å². The molecule has 0 aromatic carbocycles. The molecule has 6 rings (SSSR count). The van der Waals surface area contributed by atoms with E-state index in [1.165, 1.54) is 0 Å². The SMILES string of the molecule is CC(C)=C[C@H]1C[C@](C)(O)[C@H]2[C@@H](C[C@@]3(C)[C@@H]4CC=C5[C@@H](C=C(O[C@@H]6O[C@H](CO)[C@@H](O)[C@H](O)[C@H]6O)C(=O)C5(C)C)[C@]4(C)C(=O)C[C@]23C)O1. The molecule has 0 amide bonds. The first-order chi connectivity index (χ1) is 21.2. The first kappa shape index (κ1) is 34.0. The normalized spacial score (nSPS) is 51.2. The molecule has 2 saturated carbocycles. The number of rotatable bonds is 4. The number of ether oxygens (including phenoxy) is 3. The van der Waals surface area contributed by atoms with Gasteiger partial charge in [-0.25, -0.2) is 0 Å². The maximum Gasteiger partial charge on any atom is 0.229 e. The second-order valence-electron chi connectivity index (χ2n) is 16.6. The summed E-state index contributed by atoms with van der Waals surface area (Å²) >= 11 is 0. The summed E-state index contributed by atoms with van der Waals surface area (Å²) in [4.78, 5) is 28.6. The van der Waals surface area contributed by atoms with Gasteiger partial charge in [-0.2, -0.15) is 0 Å². The zero-order chi connectivity index (χ0) is 33.9. The molecule has 4 fully saturated rings. The molecule has 0 aromatic heterocycles. The molecular weight excluding hydrogens is 592 g/mol. The summed E-state index contributed by atoms with van der Waals surface area (Å²) in [6, 6.07) is 0. The number of hydrogen-bond donors (Lipinski definition) is 5. The lowest BCUT2D eigenvalue weighted by atomic mass is 9.39. The molecule has 0 aromatic rings. The summed E-state index contributed by atoms with van der Waals surface area (Å²) in [5, 5.41) is 52.9. The summed E-state index contributed by atoms with van der Waals surface area (Å²) < 4.78 is 18.3. The van der Waals surface area contributed by atoms with Gasteiger partial charge < -0.3 is 39.7 Å². The molecule has 2 aliphatic heterocycles. The molecule has 2 heterocycles. The molecule has 0 unspecified atom stereocenters. The minimum Gasteiger partial charge on any atom is -0.459 e. The van der Waals surface area contributed by atoms with Crippen LogP contribution in [0.2, 0.25) is 0 Å². The van der Waals surface area contributed by atoms with Crippen LogP contribution in [-0.2, 0) is 23.8 Å². The van der Waals surface area contributed by atoms with Gasteiger partial charge in [0.1, 0.15) is 30.2 Å².